The number of pyridine rings is 2. The maximum atomic E-state index is 13.1. The van der Waals surface area contributed by atoms with Crippen molar-refractivity contribution < 1.29 is 4.74 Å². The Morgan fingerprint density at radius 2 is 2.03 bits per heavy atom. The molecule has 9 nitrogen and oxygen atoms in total. The van der Waals surface area contributed by atoms with Crippen molar-refractivity contribution >= 4 is 28.3 Å². The zero-order valence-corrected chi connectivity index (χ0v) is 18.7. The monoisotopic (exact) mass is 451 g/mol. The SMILES string of the molecule is Cc1nc2cc(N3CCOC(c4cnn(C)c4)C3)nc(-c3ccc(Cl)cn3)c2c(=O)n1C. The predicted molar refractivity (Wildman–Crippen MR) is 122 cm³/mol. The molecular formula is C22H22ClN7O2. The molecular weight excluding hydrogens is 430 g/mol. The maximum Gasteiger partial charge on any atom is 0.263 e. The first-order valence-corrected chi connectivity index (χ1v) is 10.6. The number of ether oxygens (including phenoxy) is 1. The highest BCUT2D eigenvalue weighted by atomic mass is 35.5. The van der Waals surface area contributed by atoms with Gasteiger partial charge in [-0.25, -0.2) is 9.97 Å². The minimum absolute atomic E-state index is 0.120. The van der Waals surface area contributed by atoms with Crippen molar-refractivity contribution in [1.29, 1.82) is 0 Å². The number of hydrogen-bond acceptors (Lipinski definition) is 7. The number of nitrogens with zero attached hydrogens (tertiary/aromatic N) is 7. The van der Waals surface area contributed by atoms with Crippen LogP contribution in [0.4, 0.5) is 5.82 Å². The van der Waals surface area contributed by atoms with Crippen LogP contribution in [0.25, 0.3) is 22.3 Å². The van der Waals surface area contributed by atoms with Crippen molar-refractivity contribution in [2.45, 2.75) is 13.0 Å². The first kappa shape index (κ1) is 20.6. The van der Waals surface area contributed by atoms with Gasteiger partial charge in [-0.1, -0.05) is 11.6 Å². The van der Waals surface area contributed by atoms with Crippen LogP contribution in [0, 0.1) is 6.92 Å². The topological polar surface area (TPSA) is 91.0 Å². The summed E-state index contributed by atoms with van der Waals surface area (Å²) in [4.78, 5) is 29.2. The fourth-order valence-electron chi connectivity index (χ4n) is 3.91. The summed E-state index contributed by atoms with van der Waals surface area (Å²) in [7, 11) is 3.59. The molecule has 0 aliphatic carbocycles. The Kier molecular flexibility index (Phi) is 5.15. The van der Waals surface area contributed by atoms with E-state index in [-0.39, 0.29) is 11.7 Å². The van der Waals surface area contributed by atoms with Gasteiger partial charge in [0.05, 0.1) is 34.4 Å². The van der Waals surface area contributed by atoms with E-state index in [9.17, 15) is 4.79 Å². The smallest absolute Gasteiger partial charge is 0.263 e. The van der Waals surface area contributed by atoms with Gasteiger partial charge in [-0.15, -0.1) is 0 Å². The first-order valence-electron chi connectivity index (χ1n) is 10.3. The molecule has 4 aromatic heterocycles. The van der Waals surface area contributed by atoms with Crippen LogP contribution >= 0.6 is 11.6 Å². The summed E-state index contributed by atoms with van der Waals surface area (Å²) >= 11 is 6.03. The maximum absolute atomic E-state index is 13.1. The standard InChI is InChI=1S/C22H22ClN7O2/c1-13-26-17-8-19(30-6-7-32-18(12-30)14-9-25-28(2)11-14)27-21(20(17)22(31)29(13)3)16-5-4-15(23)10-24-16/h4-5,8-11,18H,6-7,12H2,1-3H3. The second-order valence-corrected chi connectivity index (χ2v) is 8.30. The van der Waals surface area contributed by atoms with Crippen molar-refractivity contribution in [2.75, 3.05) is 24.6 Å². The van der Waals surface area contributed by atoms with Gasteiger partial charge in [-0.05, 0) is 19.1 Å². The molecule has 1 atom stereocenters. The fourth-order valence-corrected chi connectivity index (χ4v) is 4.02. The fraction of sp³-hybridized carbons (Fsp3) is 0.318. The summed E-state index contributed by atoms with van der Waals surface area (Å²) in [5.41, 5.74) is 2.51. The van der Waals surface area contributed by atoms with Crippen molar-refractivity contribution in [3.05, 3.63) is 63.6 Å². The molecule has 1 aliphatic rings. The zero-order chi connectivity index (χ0) is 22.4. The largest absolute Gasteiger partial charge is 0.370 e. The minimum Gasteiger partial charge on any atom is -0.370 e. The number of hydrogen-bond donors (Lipinski definition) is 0. The molecule has 0 saturated carbocycles. The Labute approximate surface area is 189 Å². The van der Waals surface area contributed by atoms with Crippen LogP contribution in [-0.4, -0.2) is 49.0 Å². The second-order valence-electron chi connectivity index (χ2n) is 7.86. The number of anilines is 1. The van der Waals surface area contributed by atoms with Crippen LogP contribution in [0.2, 0.25) is 5.02 Å². The van der Waals surface area contributed by atoms with Gasteiger partial charge in [0, 0.05) is 51.2 Å². The Hall–Kier alpha value is -3.30. The Balaban J connectivity index is 1.64. The molecule has 1 unspecified atom stereocenters. The van der Waals surface area contributed by atoms with E-state index in [2.05, 4.69) is 20.0 Å². The van der Waals surface area contributed by atoms with Crippen molar-refractivity contribution in [3.63, 3.8) is 0 Å². The van der Waals surface area contributed by atoms with Crippen molar-refractivity contribution in [1.82, 2.24) is 29.3 Å². The molecule has 1 fully saturated rings. The summed E-state index contributed by atoms with van der Waals surface area (Å²) in [6, 6.07) is 5.38. The highest BCUT2D eigenvalue weighted by Crippen LogP contribution is 2.30. The lowest BCUT2D eigenvalue weighted by Crippen LogP contribution is -2.39. The minimum atomic E-state index is -0.159. The third-order valence-electron chi connectivity index (χ3n) is 5.73. The van der Waals surface area contributed by atoms with Crippen LogP contribution in [-0.2, 0) is 18.8 Å². The van der Waals surface area contributed by atoms with E-state index in [0.29, 0.717) is 52.8 Å². The number of morpholine rings is 1. The molecule has 0 radical (unpaired) electrons. The van der Waals surface area contributed by atoms with Crippen LogP contribution in [0.3, 0.4) is 0 Å². The molecule has 5 rings (SSSR count). The molecule has 0 N–H and O–H groups in total. The summed E-state index contributed by atoms with van der Waals surface area (Å²) in [5.74, 6) is 1.35. The van der Waals surface area contributed by atoms with Gasteiger partial charge in [0.2, 0.25) is 0 Å². The predicted octanol–water partition coefficient (Wildman–Crippen LogP) is 2.66. The number of fused-ring (bicyclic) bond motifs is 1. The Morgan fingerprint density at radius 3 is 2.75 bits per heavy atom. The highest BCUT2D eigenvalue weighted by Gasteiger charge is 2.26. The zero-order valence-electron chi connectivity index (χ0n) is 18.0. The number of rotatable bonds is 3. The second kappa shape index (κ2) is 7.99. The van der Waals surface area contributed by atoms with Crippen LogP contribution in [0.5, 0.6) is 0 Å². The molecule has 10 heteroatoms. The van der Waals surface area contributed by atoms with E-state index in [1.807, 2.05) is 32.4 Å². The van der Waals surface area contributed by atoms with Crippen molar-refractivity contribution in [2.24, 2.45) is 14.1 Å². The normalized spacial score (nSPS) is 16.6. The average molecular weight is 452 g/mol. The lowest BCUT2D eigenvalue weighted by Gasteiger charge is -2.33. The summed E-state index contributed by atoms with van der Waals surface area (Å²) in [6.07, 6.45) is 5.21. The van der Waals surface area contributed by atoms with Gasteiger partial charge < -0.3 is 9.64 Å². The molecule has 4 aromatic rings. The molecule has 164 valence electrons. The third kappa shape index (κ3) is 3.63. The molecule has 32 heavy (non-hydrogen) atoms. The van der Waals surface area contributed by atoms with Crippen LogP contribution < -0.4 is 10.5 Å². The van der Waals surface area contributed by atoms with Gasteiger partial charge in [0.25, 0.3) is 5.56 Å². The van der Waals surface area contributed by atoms with Gasteiger partial charge in [-0.3, -0.25) is 19.0 Å². The molecule has 5 heterocycles. The molecule has 1 aliphatic heterocycles. The molecule has 1 saturated heterocycles. The highest BCUT2D eigenvalue weighted by molar-refractivity contribution is 6.30. The van der Waals surface area contributed by atoms with E-state index in [1.165, 1.54) is 4.57 Å². The number of halogens is 1. The van der Waals surface area contributed by atoms with E-state index in [4.69, 9.17) is 21.3 Å². The Bertz CT molecular complexity index is 1360. The van der Waals surface area contributed by atoms with Crippen LogP contribution in [0.1, 0.15) is 17.5 Å². The Morgan fingerprint density at radius 1 is 1.19 bits per heavy atom. The summed E-state index contributed by atoms with van der Waals surface area (Å²) < 4.78 is 9.27. The van der Waals surface area contributed by atoms with E-state index in [0.717, 1.165) is 11.4 Å². The molecule has 0 spiro atoms. The first-order chi connectivity index (χ1) is 15.4. The van der Waals surface area contributed by atoms with Gasteiger partial charge in [-0.2, -0.15) is 5.10 Å². The molecule has 0 amide bonds. The van der Waals surface area contributed by atoms with Crippen LogP contribution in [0.15, 0.2) is 41.6 Å². The quantitative estimate of drug-likeness (QED) is 0.473. The van der Waals surface area contributed by atoms with E-state index >= 15 is 0 Å². The van der Waals surface area contributed by atoms with Gasteiger partial charge >= 0.3 is 0 Å². The van der Waals surface area contributed by atoms with E-state index in [1.54, 1.807) is 30.1 Å². The summed E-state index contributed by atoms with van der Waals surface area (Å²) in [5, 5.41) is 5.21. The number of aromatic nitrogens is 6. The molecule has 0 aromatic carbocycles. The van der Waals surface area contributed by atoms with E-state index < -0.39 is 0 Å². The average Bonchev–Trinajstić information content (AvgIpc) is 3.24. The summed E-state index contributed by atoms with van der Waals surface area (Å²) in [6.45, 7) is 3.65. The lowest BCUT2D eigenvalue weighted by atomic mass is 10.1. The van der Waals surface area contributed by atoms with Gasteiger partial charge in [0.15, 0.2) is 0 Å². The van der Waals surface area contributed by atoms with Gasteiger partial charge in [0.1, 0.15) is 23.4 Å². The number of aryl methyl sites for hydroxylation is 2. The third-order valence-corrected chi connectivity index (χ3v) is 5.95. The lowest BCUT2D eigenvalue weighted by molar-refractivity contribution is 0.0395. The molecule has 0 bridgehead atoms. The van der Waals surface area contributed by atoms with Crippen molar-refractivity contribution in [3.8, 4) is 11.4 Å².